The highest BCUT2D eigenvalue weighted by Gasteiger charge is 2.25. The van der Waals surface area contributed by atoms with E-state index in [1.165, 1.54) is 0 Å². The van der Waals surface area contributed by atoms with Crippen molar-refractivity contribution >= 4 is 23.4 Å². The van der Waals surface area contributed by atoms with Crippen molar-refractivity contribution in [3.8, 4) is 0 Å². The molecule has 0 fully saturated rings. The first-order valence-corrected chi connectivity index (χ1v) is 7.81. The summed E-state index contributed by atoms with van der Waals surface area (Å²) in [6.07, 6.45) is 4.50. The average Bonchev–Trinajstić information content (AvgIpc) is 2.90. The number of rotatable bonds is 4. The fourth-order valence-electron chi connectivity index (χ4n) is 2.82. The molecule has 1 unspecified atom stereocenters. The quantitative estimate of drug-likeness (QED) is 0.895. The van der Waals surface area contributed by atoms with Crippen molar-refractivity contribution in [3.63, 3.8) is 0 Å². The van der Waals surface area contributed by atoms with Gasteiger partial charge in [0.25, 0.3) is 5.91 Å². The number of aromatic nitrogens is 2. The molecule has 1 heterocycles. The van der Waals surface area contributed by atoms with Crippen molar-refractivity contribution < 1.29 is 9.59 Å². The average molecular weight is 333 g/mol. The van der Waals surface area contributed by atoms with E-state index in [1.54, 1.807) is 28.9 Å². The SMILES string of the molecule is NC(=O)Cn1cc2c(n1)C(NC(=O)c1ccc(Cl)cc1)CCC2. The third kappa shape index (κ3) is 3.53. The van der Waals surface area contributed by atoms with Crippen LogP contribution in [0.1, 0.15) is 40.5 Å². The molecule has 2 amide bonds. The van der Waals surface area contributed by atoms with Crippen LogP contribution < -0.4 is 11.1 Å². The van der Waals surface area contributed by atoms with Crippen molar-refractivity contribution in [1.29, 1.82) is 0 Å². The summed E-state index contributed by atoms with van der Waals surface area (Å²) in [5, 5.41) is 8.01. The Morgan fingerprint density at radius 2 is 2.09 bits per heavy atom. The molecule has 0 bridgehead atoms. The molecule has 0 saturated carbocycles. The minimum absolute atomic E-state index is 0.0465. The summed E-state index contributed by atoms with van der Waals surface area (Å²) in [6.45, 7) is 0.0465. The zero-order valence-electron chi connectivity index (χ0n) is 12.5. The van der Waals surface area contributed by atoms with E-state index < -0.39 is 5.91 Å². The number of aryl methyl sites for hydroxylation is 1. The van der Waals surface area contributed by atoms with Gasteiger partial charge in [0.05, 0.1) is 11.7 Å². The summed E-state index contributed by atoms with van der Waals surface area (Å²) in [5.41, 5.74) is 7.63. The maximum atomic E-state index is 12.4. The number of nitrogens with two attached hydrogens (primary N) is 1. The lowest BCUT2D eigenvalue weighted by molar-refractivity contribution is -0.118. The van der Waals surface area contributed by atoms with Gasteiger partial charge in [0.15, 0.2) is 0 Å². The molecule has 0 spiro atoms. The highest BCUT2D eigenvalue weighted by atomic mass is 35.5. The van der Waals surface area contributed by atoms with Crippen LogP contribution in [0, 0.1) is 0 Å². The van der Waals surface area contributed by atoms with Gasteiger partial charge in [-0.3, -0.25) is 14.3 Å². The number of nitrogens with one attached hydrogen (secondary N) is 1. The zero-order chi connectivity index (χ0) is 16.4. The summed E-state index contributed by atoms with van der Waals surface area (Å²) in [7, 11) is 0. The molecule has 23 heavy (non-hydrogen) atoms. The van der Waals surface area contributed by atoms with Gasteiger partial charge in [-0.05, 0) is 49.1 Å². The molecule has 1 aliphatic carbocycles. The van der Waals surface area contributed by atoms with Gasteiger partial charge in [-0.15, -0.1) is 0 Å². The van der Waals surface area contributed by atoms with E-state index in [0.29, 0.717) is 10.6 Å². The fourth-order valence-corrected chi connectivity index (χ4v) is 2.95. The lowest BCUT2D eigenvalue weighted by Crippen LogP contribution is -2.31. The molecule has 2 aromatic rings. The molecule has 1 aliphatic rings. The number of amides is 2. The molecule has 1 atom stereocenters. The minimum Gasteiger partial charge on any atom is -0.368 e. The van der Waals surface area contributed by atoms with E-state index >= 15 is 0 Å². The first-order valence-electron chi connectivity index (χ1n) is 7.44. The zero-order valence-corrected chi connectivity index (χ0v) is 13.2. The van der Waals surface area contributed by atoms with Gasteiger partial charge in [0.2, 0.25) is 5.91 Å². The molecular formula is C16H17ClN4O2. The summed E-state index contributed by atoms with van der Waals surface area (Å²) in [6, 6.07) is 6.59. The molecule has 120 valence electrons. The van der Waals surface area contributed by atoms with E-state index in [4.69, 9.17) is 17.3 Å². The van der Waals surface area contributed by atoms with Crippen molar-refractivity contribution in [1.82, 2.24) is 15.1 Å². The minimum atomic E-state index is -0.438. The summed E-state index contributed by atoms with van der Waals surface area (Å²) >= 11 is 5.84. The maximum Gasteiger partial charge on any atom is 0.251 e. The van der Waals surface area contributed by atoms with Gasteiger partial charge < -0.3 is 11.1 Å². The lowest BCUT2D eigenvalue weighted by atomic mass is 9.93. The van der Waals surface area contributed by atoms with Gasteiger partial charge in [-0.25, -0.2) is 0 Å². The van der Waals surface area contributed by atoms with Gasteiger partial charge in [-0.2, -0.15) is 5.10 Å². The van der Waals surface area contributed by atoms with Crippen molar-refractivity contribution in [2.24, 2.45) is 5.73 Å². The van der Waals surface area contributed by atoms with E-state index in [9.17, 15) is 9.59 Å². The predicted molar refractivity (Wildman–Crippen MR) is 86.0 cm³/mol. The second-order valence-corrected chi connectivity index (χ2v) is 6.07. The van der Waals surface area contributed by atoms with E-state index in [1.807, 2.05) is 6.20 Å². The number of nitrogens with zero attached hydrogens (tertiary/aromatic N) is 2. The Bertz CT molecular complexity index is 739. The Morgan fingerprint density at radius 3 is 2.78 bits per heavy atom. The van der Waals surface area contributed by atoms with E-state index in [-0.39, 0.29) is 18.5 Å². The molecule has 0 radical (unpaired) electrons. The largest absolute Gasteiger partial charge is 0.368 e. The molecule has 3 rings (SSSR count). The Morgan fingerprint density at radius 1 is 1.35 bits per heavy atom. The third-order valence-electron chi connectivity index (χ3n) is 3.87. The summed E-state index contributed by atoms with van der Waals surface area (Å²) in [4.78, 5) is 23.4. The molecule has 7 heteroatoms. The maximum absolute atomic E-state index is 12.4. The molecular weight excluding hydrogens is 316 g/mol. The van der Waals surface area contributed by atoms with Crippen LogP contribution >= 0.6 is 11.6 Å². The number of carbonyl (C=O) groups is 2. The number of fused-ring (bicyclic) bond motifs is 1. The normalized spacial score (nSPS) is 16.7. The van der Waals surface area contributed by atoms with Crippen molar-refractivity contribution in [2.45, 2.75) is 31.8 Å². The molecule has 0 aliphatic heterocycles. The van der Waals surface area contributed by atoms with Crippen LogP contribution in [0.15, 0.2) is 30.5 Å². The Hall–Kier alpha value is -2.34. The van der Waals surface area contributed by atoms with Gasteiger partial charge in [-0.1, -0.05) is 11.6 Å². The van der Waals surface area contributed by atoms with Crippen LogP contribution in [0.25, 0.3) is 0 Å². The van der Waals surface area contributed by atoms with Crippen LogP contribution in [0.2, 0.25) is 5.02 Å². The van der Waals surface area contributed by atoms with Gasteiger partial charge in [0, 0.05) is 16.8 Å². The van der Waals surface area contributed by atoms with Gasteiger partial charge >= 0.3 is 0 Å². The van der Waals surface area contributed by atoms with Crippen molar-refractivity contribution in [2.75, 3.05) is 0 Å². The second kappa shape index (κ2) is 6.42. The van der Waals surface area contributed by atoms with Crippen LogP contribution in [-0.2, 0) is 17.8 Å². The molecule has 6 nitrogen and oxygen atoms in total. The third-order valence-corrected chi connectivity index (χ3v) is 4.12. The standard InChI is InChI=1S/C16H17ClN4O2/c17-12-6-4-10(5-7-12)16(23)19-13-3-1-2-11-8-21(9-14(18)22)20-15(11)13/h4-8,13H,1-3,9H2,(H2,18,22)(H,19,23). The Kier molecular flexibility index (Phi) is 4.34. The van der Waals surface area contributed by atoms with Crippen LogP contribution in [0.4, 0.5) is 0 Å². The molecule has 3 N–H and O–H groups in total. The van der Waals surface area contributed by atoms with Crippen LogP contribution in [-0.4, -0.2) is 21.6 Å². The highest BCUT2D eigenvalue weighted by molar-refractivity contribution is 6.30. The second-order valence-electron chi connectivity index (χ2n) is 5.63. The number of benzene rings is 1. The molecule has 1 aromatic carbocycles. The number of primary amides is 1. The van der Waals surface area contributed by atoms with Gasteiger partial charge in [0.1, 0.15) is 6.54 Å². The van der Waals surface area contributed by atoms with E-state index in [2.05, 4.69) is 10.4 Å². The fraction of sp³-hybridized carbons (Fsp3) is 0.312. The summed E-state index contributed by atoms with van der Waals surface area (Å²) in [5.74, 6) is -0.601. The Labute approximate surface area is 138 Å². The summed E-state index contributed by atoms with van der Waals surface area (Å²) < 4.78 is 1.54. The van der Waals surface area contributed by atoms with Crippen LogP contribution in [0.5, 0.6) is 0 Å². The number of hydrogen-bond acceptors (Lipinski definition) is 3. The lowest BCUT2D eigenvalue weighted by Gasteiger charge is -2.22. The van der Waals surface area contributed by atoms with Crippen LogP contribution in [0.3, 0.4) is 0 Å². The molecule has 1 aromatic heterocycles. The Balaban J connectivity index is 1.77. The monoisotopic (exact) mass is 332 g/mol. The predicted octanol–water partition coefficient (Wildman–Crippen LogP) is 1.83. The number of hydrogen-bond donors (Lipinski definition) is 2. The number of carbonyl (C=O) groups excluding carboxylic acids is 2. The molecule has 0 saturated heterocycles. The topological polar surface area (TPSA) is 90.0 Å². The van der Waals surface area contributed by atoms with Crippen molar-refractivity contribution in [3.05, 3.63) is 52.3 Å². The smallest absolute Gasteiger partial charge is 0.251 e. The highest BCUT2D eigenvalue weighted by Crippen LogP contribution is 2.28. The first kappa shape index (κ1) is 15.6. The number of halogens is 1. The van der Waals surface area contributed by atoms with E-state index in [0.717, 1.165) is 30.5 Å². The first-order chi connectivity index (χ1) is 11.0.